The van der Waals surface area contributed by atoms with E-state index in [1.54, 1.807) is 18.3 Å². The highest BCUT2D eigenvalue weighted by Gasteiger charge is 2.35. The first-order chi connectivity index (χ1) is 13.1. The fourth-order valence-corrected chi connectivity index (χ4v) is 4.54. The van der Waals surface area contributed by atoms with E-state index in [1.165, 1.54) is 0 Å². The zero-order chi connectivity index (χ0) is 19.2. The number of hydrogen-bond acceptors (Lipinski definition) is 6. The minimum absolute atomic E-state index is 0.00935. The number of nitrogens with zero attached hydrogens (tertiary/aromatic N) is 1. The van der Waals surface area contributed by atoms with E-state index in [-0.39, 0.29) is 11.8 Å². The van der Waals surface area contributed by atoms with Crippen molar-refractivity contribution in [2.24, 2.45) is 5.92 Å². The van der Waals surface area contributed by atoms with Gasteiger partial charge in [-0.1, -0.05) is 25.0 Å². The summed E-state index contributed by atoms with van der Waals surface area (Å²) in [5, 5.41) is 5.52. The predicted octanol–water partition coefficient (Wildman–Crippen LogP) is 2.96. The smallest absolute Gasteiger partial charge is 0.321 e. The normalized spacial score (nSPS) is 19.4. The van der Waals surface area contributed by atoms with Crippen molar-refractivity contribution in [3.05, 3.63) is 29.3 Å². The molecule has 0 aliphatic heterocycles. The highest BCUT2D eigenvalue weighted by molar-refractivity contribution is 7.18. The number of thiazole rings is 1. The first kappa shape index (κ1) is 19.3. The van der Waals surface area contributed by atoms with Crippen LogP contribution < -0.4 is 10.6 Å². The average molecular weight is 389 g/mol. The van der Waals surface area contributed by atoms with Crippen LogP contribution in [-0.4, -0.2) is 36.0 Å². The molecule has 1 saturated carbocycles. The van der Waals surface area contributed by atoms with E-state index < -0.39 is 24.5 Å². The van der Waals surface area contributed by atoms with Gasteiger partial charge in [0.15, 0.2) is 6.61 Å². The van der Waals surface area contributed by atoms with Crippen LogP contribution in [0, 0.1) is 5.92 Å². The first-order valence-corrected chi connectivity index (χ1v) is 10.00. The molecule has 27 heavy (non-hydrogen) atoms. The van der Waals surface area contributed by atoms with Crippen LogP contribution in [0.5, 0.6) is 0 Å². The second kappa shape index (κ2) is 8.94. The number of fused-ring (bicyclic) bond motifs is 1. The summed E-state index contributed by atoms with van der Waals surface area (Å²) in [5.74, 6) is -1.33. The third kappa shape index (κ3) is 4.82. The Morgan fingerprint density at radius 3 is 2.78 bits per heavy atom. The summed E-state index contributed by atoms with van der Waals surface area (Å²) in [6.45, 7) is 1.69. The van der Waals surface area contributed by atoms with Gasteiger partial charge in [-0.25, -0.2) is 9.78 Å². The molecule has 3 rings (SSSR count). The Morgan fingerprint density at radius 2 is 2.00 bits per heavy atom. The van der Waals surface area contributed by atoms with Gasteiger partial charge < -0.3 is 10.1 Å². The Morgan fingerprint density at radius 1 is 1.22 bits per heavy atom. The molecule has 1 aliphatic carbocycles. The van der Waals surface area contributed by atoms with Crippen molar-refractivity contribution in [3.8, 4) is 0 Å². The molecule has 1 aromatic carbocycles. The first-order valence-electron chi connectivity index (χ1n) is 9.18. The van der Waals surface area contributed by atoms with Gasteiger partial charge >= 0.3 is 12.0 Å². The zero-order valence-corrected chi connectivity index (χ0v) is 16.0. The maximum atomic E-state index is 12.6. The highest BCUT2D eigenvalue weighted by Crippen LogP contribution is 2.41. The molecule has 0 saturated heterocycles. The molecule has 0 bridgehead atoms. The number of carbonyl (C=O) groups is 3. The molecular weight excluding hydrogens is 366 g/mol. The number of para-hydroxylation sites is 1. The molecule has 0 unspecified atom stereocenters. The van der Waals surface area contributed by atoms with E-state index in [2.05, 4.69) is 10.6 Å². The molecule has 1 aromatic heterocycles. The lowest BCUT2D eigenvalue weighted by Gasteiger charge is -2.28. The molecule has 7 nitrogen and oxygen atoms in total. The molecule has 144 valence electrons. The molecular formula is C19H23N3O4S. The van der Waals surface area contributed by atoms with E-state index in [9.17, 15) is 14.4 Å². The number of rotatable bonds is 5. The van der Waals surface area contributed by atoms with Crippen LogP contribution in [0.15, 0.2) is 24.3 Å². The molecule has 2 aromatic rings. The molecule has 8 heteroatoms. The Balaban J connectivity index is 1.63. The number of esters is 1. The third-order valence-electron chi connectivity index (χ3n) is 4.63. The van der Waals surface area contributed by atoms with Gasteiger partial charge in [0.2, 0.25) is 0 Å². The SMILES string of the molecule is CCNC(=O)NC(=O)COC(=O)[C@H]1CCCC[C@H]1c1nc2ccccc2s1. The Bertz CT molecular complexity index is 802. The lowest BCUT2D eigenvalue weighted by atomic mass is 9.79. The van der Waals surface area contributed by atoms with Gasteiger partial charge in [-0.2, -0.15) is 0 Å². The second-order valence-corrected chi connectivity index (χ2v) is 7.59. The standard InChI is InChI=1S/C19H23N3O4S/c1-2-20-19(25)22-16(23)11-26-18(24)13-8-4-3-7-12(13)17-21-14-9-5-6-10-15(14)27-17/h5-6,9-10,12-13H,2-4,7-8,11H2,1H3,(H2,20,22,23,25)/t12-,13+/m1/s1. The Hall–Kier alpha value is -2.48. The lowest BCUT2D eigenvalue weighted by Crippen LogP contribution is -2.41. The monoisotopic (exact) mass is 389 g/mol. The fraction of sp³-hybridized carbons (Fsp3) is 0.474. The second-order valence-electron chi connectivity index (χ2n) is 6.53. The summed E-state index contributed by atoms with van der Waals surface area (Å²) in [5.41, 5.74) is 0.941. The maximum absolute atomic E-state index is 12.6. The minimum Gasteiger partial charge on any atom is -0.455 e. The van der Waals surface area contributed by atoms with Crippen LogP contribution in [0.25, 0.3) is 10.2 Å². The van der Waals surface area contributed by atoms with Crippen molar-refractivity contribution >= 4 is 39.5 Å². The average Bonchev–Trinajstić information content (AvgIpc) is 3.10. The van der Waals surface area contributed by atoms with Crippen molar-refractivity contribution in [1.82, 2.24) is 15.6 Å². The molecule has 1 heterocycles. The van der Waals surface area contributed by atoms with E-state index in [1.807, 2.05) is 24.3 Å². The third-order valence-corrected chi connectivity index (χ3v) is 5.80. The summed E-state index contributed by atoms with van der Waals surface area (Å²) in [6.07, 6.45) is 3.59. The van der Waals surface area contributed by atoms with Crippen LogP contribution >= 0.6 is 11.3 Å². The molecule has 0 spiro atoms. The summed E-state index contributed by atoms with van der Waals surface area (Å²) < 4.78 is 6.30. The van der Waals surface area contributed by atoms with Gasteiger partial charge in [-0.05, 0) is 31.9 Å². The summed E-state index contributed by atoms with van der Waals surface area (Å²) >= 11 is 1.61. The number of ether oxygens (including phenoxy) is 1. The van der Waals surface area contributed by atoms with Gasteiger partial charge in [-0.15, -0.1) is 11.3 Å². The topological polar surface area (TPSA) is 97.4 Å². The van der Waals surface area contributed by atoms with Crippen LogP contribution in [0.4, 0.5) is 4.79 Å². The molecule has 2 N–H and O–H groups in total. The summed E-state index contributed by atoms with van der Waals surface area (Å²) in [6, 6.07) is 7.33. The number of urea groups is 1. The predicted molar refractivity (Wildman–Crippen MR) is 102 cm³/mol. The van der Waals surface area contributed by atoms with Gasteiger partial charge in [0.25, 0.3) is 5.91 Å². The van der Waals surface area contributed by atoms with Gasteiger partial charge in [-0.3, -0.25) is 14.9 Å². The Kier molecular flexibility index (Phi) is 6.39. The number of imide groups is 1. The van der Waals surface area contributed by atoms with Gasteiger partial charge in [0.05, 0.1) is 21.1 Å². The molecule has 3 amide bonds. The van der Waals surface area contributed by atoms with E-state index in [4.69, 9.17) is 9.72 Å². The maximum Gasteiger partial charge on any atom is 0.321 e. The van der Waals surface area contributed by atoms with E-state index in [0.29, 0.717) is 6.54 Å². The van der Waals surface area contributed by atoms with Gasteiger partial charge in [0.1, 0.15) is 0 Å². The van der Waals surface area contributed by atoms with Crippen molar-refractivity contribution in [2.45, 2.75) is 38.5 Å². The van der Waals surface area contributed by atoms with Crippen molar-refractivity contribution in [3.63, 3.8) is 0 Å². The Labute approximate surface area is 161 Å². The van der Waals surface area contributed by atoms with Crippen LogP contribution in [-0.2, 0) is 14.3 Å². The highest BCUT2D eigenvalue weighted by atomic mass is 32.1. The zero-order valence-electron chi connectivity index (χ0n) is 15.2. The van der Waals surface area contributed by atoms with Gasteiger partial charge in [0, 0.05) is 12.5 Å². The summed E-state index contributed by atoms with van der Waals surface area (Å²) in [4.78, 5) is 40.3. The number of benzene rings is 1. The number of nitrogens with one attached hydrogen (secondary N) is 2. The largest absolute Gasteiger partial charge is 0.455 e. The molecule has 0 radical (unpaired) electrons. The van der Waals surface area contributed by atoms with Crippen molar-refractivity contribution in [2.75, 3.05) is 13.2 Å². The number of carbonyl (C=O) groups excluding carboxylic acids is 3. The van der Waals surface area contributed by atoms with Crippen LogP contribution in [0.3, 0.4) is 0 Å². The van der Waals surface area contributed by atoms with Crippen LogP contribution in [0.2, 0.25) is 0 Å². The summed E-state index contributed by atoms with van der Waals surface area (Å²) in [7, 11) is 0. The number of hydrogen-bond donors (Lipinski definition) is 2. The van der Waals surface area contributed by atoms with Crippen molar-refractivity contribution in [1.29, 1.82) is 0 Å². The number of aromatic nitrogens is 1. The van der Waals surface area contributed by atoms with Crippen molar-refractivity contribution < 1.29 is 19.1 Å². The molecule has 2 atom stereocenters. The van der Waals surface area contributed by atoms with E-state index >= 15 is 0 Å². The quantitative estimate of drug-likeness (QED) is 0.766. The lowest BCUT2D eigenvalue weighted by molar-refractivity contribution is -0.154. The number of amides is 3. The minimum atomic E-state index is -0.637. The van der Waals surface area contributed by atoms with E-state index in [0.717, 1.165) is 40.9 Å². The molecule has 1 aliphatic rings. The fourth-order valence-electron chi connectivity index (χ4n) is 3.37. The van der Waals surface area contributed by atoms with Crippen LogP contribution in [0.1, 0.15) is 43.5 Å². The molecule has 1 fully saturated rings.